The summed E-state index contributed by atoms with van der Waals surface area (Å²) >= 11 is 2.34. The lowest BCUT2D eigenvalue weighted by Crippen LogP contribution is -2.18. The predicted octanol–water partition coefficient (Wildman–Crippen LogP) is 2.55. The molecule has 1 aliphatic heterocycles. The van der Waals surface area contributed by atoms with Crippen LogP contribution >= 0.6 is 22.6 Å². The van der Waals surface area contributed by atoms with E-state index in [1.807, 2.05) is 0 Å². The molecule has 0 radical (unpaired) electrons. The second kappa shape index (κ2) is 4.70. The van der Waals surface area contributed by atoms with Gasteiger partial charge in [0.15, 0.2) is 0 Å². The molecule has 0 saturated carbocycles. The molecule has 15 heavy (non-hydrogen) atoms. The van der Waals surface area contributed by atoms with Crippen molar-refractivity contribution in [3.63, 3.8) is 0 Å². The summed E-state index contributed by atoms with van der Waals surface area (Å²) < 4.78 is 6.57. The normalized spacial score (nSPS) is 20.6. The van der Waals surface area contributed by atoms with Crippen molar-refractivity contribution >= 4 is 22.6 Å². The maximum Gasteiger partial charge on any atom is 0.132 e. The highest BCUT2D eigenvalue weighted by Crippen LogP contribution is 2.30. The Balaban J connectivity index is 2.46. The maximum atomic E-state index is 5.36. The van der Waals surface area contributed by atoms with E-state index < -0.39 is 0 Å². The van der Waals surface area contributed by atoms with Crippen molar-refractivity contribution in [2.75, 3.05) is 20.2 Å². The summed E-state index contributed by atoms with van der Waals surface area (Å²) in [4.78, 5) is 0. The summed E-state index contributed by atoms with van der Waals surface area (Å²) in [6, 6.07) is 4.47. The van der Waals surface area contributed by atoms with Crippen LogP contribution in [-0.4, -0.2) is 20.2 Å². The van der Waals surface area contributed by atoms with Crippen molar-refractivity contribution in [1.82, 2.24) is 5.32 Å². The molecule has 0 amide bonds. The average molecular weight is 317 g/mol. The highest BCUT2D eigenvalue weighted by atomic mass is 127. The number of halogens is 1. The van der Waals surface area contributed by atoms with Crippen molar-refractivity contribution in [3.05, 3.63) is 26.8 Å². The molecular weight excluding hydrogens is 301 g/mol. The van der Waals surface area contributed by atoms with Crippen LogP contribution in [0.1, 0.15) is 24.0 Å². The van der Waals surface area contributed by atoms with Crippen LogP contribution in [-0.2, 0) is 6.42 Å². The van der Waals surface area contributed by atoms with Crippen molar-refractivity contribution in [1.29, 1.82) is 0 Å². The summed E-state index contributed by atoms with van der Waals surface area (Å²) in [5.74, 6) is 1.60. The lowest BCUT2D eigenvalue weighted by atomic mass is 9.95. The summed E-state index contributed by atoms with van der Waals surface area (Å²) in [7, 11) is 1.74. The molecule has 1 aliphatic rings. The Labute approximate surface area is 105 Å². The highest BCUT2D eigenvalue weighted by molar-refractivity contribution is 14.1. The molecule has 1 aromatic carbocycles. The average Bonchev–Trinajstić information content (AvgIpc) is 2.40. The van der Waals surface area contributed by atoms with Gasteiger partial charge in [0.2, 0.25) is 0 Å². The zero-order chi connectivity index (χ0) is 10.8. The molecular formula is C12H16INO. The lowest BCUT2D eigenvalue weighted by molar-refractivity contribution is 0.411. The molecule has 0 saturated heterocycles. The first-order valence-electron chi connectivity index (χ1n) is 5.29. The van der Waals surface area contributed by atoms with Gasteiger partial charge in [0.1, 0.15) is 5.75 Å². The zero-order valence-electron chi connectivity index (χ0n) is 9.14. The largest absolute Gasteiger partial charge is 0.496 e. The molecule has 0 aliphatic carbocycles. The Hall–Kier alpha value is -0.290. The van der Waals surface area contributed by atoms with E-state index in [-0.39, 0.29) is 0 Å². The van der Waals surface area contributed by atoms with Crippen molar-refractivity contribution in [3.8, 4) is 5.75 Å². The SMILES string of the molecule is COc1cc2c(cc1I)[C@H](C)CNCC2. The van der Waals surface area contributed by atoms with Crippen LogP contribution in [0.5, 0.6) is 5.75 Å². The Morgan fingerprint density at radius 2 is 2.27 bits per heavy atom. The van der Waals surface area contributed by atoms with Crippen LogP contribution in [0.25, 0.3) is 0 Å². The van der Waals surface area contributed by atoms with E-state index in [4.69, 9.17) is 4.74 Å². The molecule has 2 rings (SSSR count). The Morgan fingerprint density at radius 1 is 1.47 bits per heavy atom. The molecule has 0 fully saturated rings. The van der Waals surface area contributed by atoms with Crippen molar-refractivity contribution in [2.24, 2.45) is 0 Å². The van der Waals surface area contributed by atoms with E-state index >= 15 is 0 Å². The van der Waals surface area contributed by atoms with Gasteiger partial charge in [-0.15, -0.1) is 0 Å². The quantitative estimate of drug-likeness (QED) is 0.804. The van der Waals surface area contributed by atoms with Gasteiger partial charge in [0.05, 0.1) is 10.7 Å². The summed E-state index contributed by atoms with van der Waals surface area (Å²) in [6.07, 6.45) is 1.10. The zero-order valence-corrected chi connectivity index (χ0v) is 11.3. The van der Waals surface area contributed by atoms with Gasteiger partial charge in [-0.1, -0.05) is 6.92 Å². The Bertz CT molecular complexity index is 365. The number of benzene rings is 1. The van der Waals surface area contributed by atoms with Crippen molar-refractivity contribution in [2.45, 2.75) is 19.3 Å². The van der Waals surface area contributed by atoms with E-state index in [0.29, 0.717) is 5.92 Å². The Morgan fingerprint density at radius 3 is 3.00 bits per heavy atom. The number of ether oxygens (including phenoxy) is 1. The first-order chi connectivity index (χ1) is 7.22. The molecule has 0 unspecified atom stereocenters. The first kappa shape index (κ1) is 11.2. The van der Waals surface area contributed by atoms with E-state index in [9.17, 15) is 0 Å². The molecule has 82 valence electrons. The lowest BCUT2D eigenvalue weighted by Gasteiger charge is -2.14. The molecule has 1 atom stereocenters. The number of nitrogens with one attached hydrogen (secondary N) is 1. The standard InChI is InChI=1S/C12H16INO/c1-8-7-14-4-3-9-5-12(15-2)11(13)6-10(8)9/h5-6,8,14H,3-4,7H2,1-2H3/t8-/m1/s1. The van der Waals surface area contributed by atoms with Gasteiger partial charge in [-0.05, 0) is 64.7 Å². The van der Waals surface area contributed by atoms with Gasteiger partial charge in [-0.25, -0.2) is 0 Å². The fraction of sp³-hybridized carbons (Fsp3) is 0.500. The van der Waals surface area contributed by atoms with Gasteiger partial charge >= 0.3 is 0 Å². The van der Waals surface area contributed by atoms with Crippen LogP contribution < -0.4 is 10.1 Å². The van der Waals surface area contributed by atoms with Gasteiger partial charge < -0.3 is 10.1 Å². The minimum atomic E-state index is 0.599. The second-order valence-electron chi connectivity index (χ2n) is 4.04. The fourth-order valence-electron chi connectivity index (χ4n) is 2.09. The monoisotopic (exact) mass is 317 g/mol. The Kier molecular flexibility index (Phi) is 3.51. The first-order valence-corrected chi connectivity index (χ1v) is 6.37. The van der Waals surface area contributed by atoms with E-state index in [2.05, 4.69) is 47.0 Å². The van der Waals surface area contributed by atoms with Gasteiger partial charge in [0.25, 0.3) is 0 Å². The van der Waals surface area contributed by atoms with E-state index in [0.717, 1.165) is 25.3 Å². The number of rotatable bonds is 1. The third kappa shape index (κ3) is 2.28. The van der Waals surface area contributed by atoms with Crippen LogP contribution in [0.15, 0.2) is 12.1 Å². The molecule has 0 spiro atoms. The third-order valence-corrected chi connectivity index (χ3v) is 3.81. The van der Waals surface area contributed by atoms with Crippen LogP contribution in [0.2, 0.25) is 0 Å². The van der Waals surface area contributed by atoms with E-state index in [1.54, 1.807) is 7.11 Å². The minimum Gasteiger partial charge on any atom is -0.496 e. The number of hydrogen-bond acceptors (Lipinski definition) is 2. The van der Waals surface area contributed by atoms with Gasteiger partial charge in [-0.3, -0.25) is 0 Å². The second-order valence-corrected chi connectivity index (χ2v) is 5.20. The number of fused-ring (bicyclic) bond motifs is 1. The van der Waals surface area contributed by atoms with Crippen molar-refractivity contribution < 1.29 is 4.74 Å². The molecule has 2 nitrogen and oxygen atoms in total. The molecule has 1 heterocycles. The molecule has 1 N–H and O–H groups in total. The topological polar surface area (TPSA) is 21.3 Å². The smallest absolute Gasteiger partial charge is 0.132 e. The molecule has 1 aromatic rings. The van der Waals surface area contributed by atoms with Gasteiger partial charge in [-0.2, -0.15) is 0 Å². The van der Waals surface area contributed by atoms with Crippen LogP contribution in [0, 0.1) is 3.57 Å². The number of methoxy groups -OCH3 is 1. The molecule has 0 aromatic heterocycles. The molecule has 3 heteroatoms. The fourth-order valence-corrected chi connectivity index (χ4v) is 2.81. The number of hydrogen-bond donors (Lipinski definition) is 1. The highest BCUT2D eigenvalue weighted by Gasteiger charge is 2.16. The third-order valence-electron chi connectivity index (χ3n) is 2.97. The van der Waals surface area contributed by atoms with Crippen LogP contribution in [0.4, 0.5) is 0 Å². The summed E-state index contributed by atoms with van der Waals surface area (Å²) in [6.45, 7) is 4.43. The van der Waals surface area contributed by atoms with Gasteiger partial charge in [0, 0.05) is 6.54 Å². The minimum absolute atomic E-state index is 0.599. The predicted molar refractivity (Wildman–Crippen MR) is 70.7 cm³/mol. The molecule has 0 bridgehead atoms. The van der Waals surface area contributed by atoms with Crippen LogP contribution in [0.3, 0.4) is 0 Å². The maximum absolute atomic E-state index is 5.36. The summed E-state index contributed by atoms with van der Waals surface area (Å²) in [5.41, 5.74) is 2.91. The summed E-state index contributed by atoms with van der Waals surface area (Å²) in [5, 5.41) is 3.46. The van der Waals surface area contributed by atoms with E-state index in [1.165, 1.54) is 14.7 Å².